The van der Waals surface area contributed by atoms with Gasteiger partial charge >= 0.3 is 11.9 Å². The molecule has 0 aromatic heterocycles. The van der Waals surface area contributed by atoms with Gasteiger partial charge < -0.3 is 34.3 Å². The molecule has 0 saturated carbocycles. The van der Waals surface area contributed by atoms with Crippen molar-refractivity contribution in [2.75, 3.05) is 19.0 Å². The first-order valence-corrected chi connectivity index (χ1v) is 17.7. The van der Waals surface area contributed by atoms with Gasteiger partial charge in [-0.15, -0.1) is 0 Å². The number of unbranched alkanes of at least 4 members (excludes halogenated alkanes) is 13. The number of hydrogen-bond acceptors (Lipinski definition) is 11. The Labute approximate surface area is 257 Å². The molecule has 0 radical (unpaired) electrons. The fourth-order valence-electron chi connectivity index (χ4n) is 4.85. The Balaban J connectivity index is 2.62. The molecule has 0 aromatic carbocycles. The van der Waals surface area contributed by atoms with E-state index < -0.39 is 71.2 Å². The lowest BCUT2D eigenvalue weighted by molar-refractivity contribution is -0.297. The number of aliphatic hydroxyl groups excluding tert-OH is 3. The highest BCUT2D eigenvalue weighted by molar-refractivity contribution is 7.85. The van der Waals surface area contributed by atoms with E-state index in [-0.39, 0.29) is 19.4 Å². The minimum atomic E-state index is -4.58. The Bertz CT molecular complexity index is 852. The van der Waals surface area contributed by atoms with Crippen molar-refractivity contribution in [1.29, 1.82) is 0 Å². The summed E-state index contributed by atoms with van der Waals surface area (Å²) in [4.78, 5) is 24.9. The van der Waals surface area contributed by atoms with Crippen molar-refractivity contribution in [2.45, 2.75) is 160 Å². The zero-order valence-electron chi connectivity index (χ0n) is 26.1. The third-order valence-electron chi connectivity index (χ3n) is 7.44. The van der Waals surface area contributed by atoms with Gasteiger partial charge in [0.2, 0.25) is 0 Å². The van der Waals surface area contributed by atoms with Crippen LogP contribution in [0.5, 0.6) is 0 Å². The largest absolute Gasteiger partial charge is 0.462 e. The highest BCUT2D eigenvalue weighted by Crippen LogP contribution is 2.23. The fourth-order valence-corrected chi connectivity index (χ4v) is 5.54. The van der Waals surface area contributed by atoms with Gasteiger partial charge in [-0.3, -0.25) is 14.1 Å². The van der Waals surface area contributed by atoms with Crippen molar-refractivity contribution in [3.63, 3.8) is 0 Å². The maximum absolute atomic E-state index is 12.5. The lowest BCUT2D eigenvalue weighted by Crippen LogP contribution is -2.60. The van der Waals surface area contributed by atoms with Crippen LogP contribution in [0.1, 0.15) is 123 Å². The van der Waals surface area contributed by atoms with Crippen LogP contribution in [0.4, 0.5) is 0 Å². The molecule has 43 heavy (non-hydrogen) atoms. The summed E-state index contributed by atoms with van der Waals surface area (Å²) in [5.41, 5.74) is 0. The maximum atomic E-state index is 12.5. The predicted molar refractivity (Wildman–Crippen MR) is 160 cm³/mol. The number of ether oxygens (including phenoxy) is 4. The average Bonchev–Trinajstić information content (AvgIpc) is 2.95. The van der Waals surface area contributed by atoms with Crippen molar-refractivity contribution >= 4 is 22.1 Å². The maximum Gasteiger partial charge on any atom is 0.306 e. The van der Waals surface area contributed by atoms with Gasteiger partial charge in [0.05, 0.1) is 6.61 Å². The molecule has 6 atom stereocenters. The average molecular weight is 641 g/mol. The molecule has 13 heteroatoms. The van der Waals surface area contributed by atoms with Crippen LogP contribution < -0.4 is 0 Å². The highest BCUT2D eigenvalue weighted by atomic mass is 32.2. The second-order valence-electron chi connectivity index (χ2n) is 11.5. The van der Waals surface area contributed by atoms with Gasteiger partial charge in [0, 0.05) is 12.8 Å². The molecule has 4 N–H and O–H groups in total. The lowest BCUT2D eigenvalue weighted by Gasteiger charge is -2.40. The van der Waals surface area contributed by atoms with Gasteiger partial charge in [-0.1, -0.05) is 97.3 Å². The van der Waals surface area contributed by atoms with E-state index in [4.69, 9.17) is 23.5 Å². The number of carbonyl (C=O) groups excluding carboxylic acids is 2. The number of aliphatic hydroxyl groups is 3. The molecule has 12 nitrogen and oxygen atoms in total. The number of hydrogen-bond donors (Lipinski definition) is 4. The number of carbonyl (C=O) groups is 2. The predicted octanol–water partition coefficient (Wildman–Crippen LogP) is 3.82. The molecule has 1 heterocycles. The SMILES string of the molecule is CCCCCCCCCCC(=O)OC[C@H](CO[C@H]1O[C@H](CS(=O)(=O)O)[C@@H](O)C(O)C1O)OC(=O)CCCCCCCCC. The topological polar surface area (TPSA) is 186 Å². The van der Waals surface area contributed by atoms with Gasteiger partial charge in [-0.05, 0) is 12.8 Å². The first-order chi connectivity index (χ1) is 20.5. The van der Waals surface area contributed by atoms with E-state index in [1.165, 1.54) is 32.1 Å². The van der Waals surface area contributed by atoms with Crippen LogP contribution in [0.2, 0.25) is 0 Å². The van der Waals surface area contributed by atoms with Crippen molar-refractivity contribution in [1.82, 2.24) is 0 Å². The number of esters is 2. The second kappa shape index (κ2) is 23.1. The summed E-state index contributed by atoms with van der Waals surface area (Å²) in [7, 11) is -4.58. The molecule has 254 valence electrons. The third-order valence-corrected chi connectivity index (χ3v) is 8.19. The zero-order chi connectivity index (χ0) is 32.1. The van der Waals surface area contributed by atoms with Crippen LogP contribution in [-0.4, -0.2) is 96.0 Å². The van der Waals surface area contributed by atoms with E-state index in [0.29, 0.717) is 12.8 Å². The molecule has 1 aliphatic heterocycles. The minimum absolute atomic E-state index is 0.167. The smallest absolute Gasteiger partial charge is 0.306 e. The molecule has 1 saturated heterocycles. The Morgan fingerprint density at radius 1 is 0.698 bits per heavy atom. The quantitative estimate of drug-likeness (QED) is 0.0643. The Morgan fingerprint density at radius 2 is 1.19 bits per heavy atom. The van der Waals surface area contributed by atoms with E-state index in [0.717, 1.165) is 51.4 Å². The molecule has 0 amide bonds. The fraction of sp³-hybridized carbons (Fsp3) is 0.933. The van der Waals surface area contributed by atoms with Crippen molar-refractivity contribution in [3.8, 4) is 0 Å². The minimum Gasteiger partial charge on any atom is -0.462 e. The molecule has 1 fully saturated rings. The van der Waals surface area contributed by atoms with Crippen LogP contribution in [0.15, 0.2) is 0 Å². The molecule has 1 aliphatic rings. The summed E-state index contributed by atoms with van der Waals surface area (Å²) in [6.07, 6.45) is 6.54. The molecule has 0 bridgehead atoms. The highest BCUT2D eigenvalue weighted by Gasteiger charge is 2.46. The summed E-state index contributed by atoms with van der Waals surface area (Å²) >= 11 is 0. The van der Waals surface area contributed by atoms with Crippen molar-refractivity contribution < 1.29 is 56.8 Å². The zero-order valence-corrected chi connectivity index (χ0v) is 26.9. The van der Waals surface area contributed by atoms with Gasteiger partial charge in [-0.2, -0.15) is 8.42 Å². The normalized spacial score (nSPS) is 23.2. The summed E-state index contributed by atoms with van der Waals surface area (Å²) in [5, 5.41) is 30.5. The van der Waals surface area contributed by atoms with Crippen LogP contribution in [0.25, 0.3) is 0 Å². The summed E-state index contributed by atoms with van der Waals surface area (Å²) < 4.78 is 53.3. The van der Waals surface area contributed by atoms with Crippen LogP contribution >= 0.6 is 0 Å². The Morgan fingerprint density at radius 3 is 1.70 bits per heavy atom. The summed E-state index contributed by atoms with van der Waals surface area (Å²) in [6.45, 7) is 3.61. The van der Waals surface area contributed by atoms with Crippen molar-refractivity contribution in [3.05, 3.63) is 0 Å². The standard InChI is InChI=1S/C30H56O12S/c1-3-5-7-9-11-13-14-16-18-25(31)39-20-23(41-26(32)19-17-15-12-10-8-6-4-2)21-40-30-29(35)28(34)27(33)24(42-30)22-43(36,37)38/h23-24,27-30,33-35H,3-22H2,1-2H3,(H,36,37,38)/t23-,24-,27-,28?,29?,30+/m1/s1. The molecule has 2 unspecified atom stereocenters. The van der Waals surface area contributed by atoms with Crippen LogP contribution in [-0.2, 0) is 38.7 Å². The monoisotopic (exact) mass is 640 g/mol. The van der Waals surface area contributed by atoms with Crippen LogP contribution in [0.3, 0.4) is 0 Å². The molecule has 0 aromatic rings. The number of rotatable bonds is 25. The van der Waals surface area contributed by atoms with E-state index in [1.54, 1.807) is 0 Å². The first kappa shape index (κ1) is 39.7. The Kier molecular flexibility index (Phi) is 21.3. The van der Waals surface area contributed by atoms with Crippen molar-refractivity contribution in [2.24, 2.45) is 0 Å². The lowest BCUT2D eigenvalue weighted by atomic mass is 10.00. The molecule has 0 spiro atoms. The second-order valence-corrected chi connectivity index (χ2v) is 13.0. The van der Waals surface area contributed by atoms with E-state index in [1.807, 2.05) is 0 Å². The summed E-state index contributed by atoms with van der Waals surface area (Å²) in [5.74, 6) is -1.99. The van der Waals surface area contributed by atoms with Gasteiger partial charge in [0.25, 0.3) is 10.1 Å². The third kappa shape index (κ3) is 18.9. The first-order valence-electron chi connectivity index (χ1n) is 16.1. The molecular formula is C30H56O12S. The van der Waals surface area contributed by atoms with E-state index >= 15 is 0 Å². The van der Waals surface area contributed by atoms with Gasteiger partial charge in [0.1, 0.15) is 36.8 Å². The Hall–Kier alpha value is -1.35. The van der Waals surface area contributed by atoms with E-state index in [2.05, 4.69) is 13.8 Å². The molecular weight excluding hydrogens is 584 g/mol. The van der Waals surface area contributed by atoms with Crippen LogP contribution in [0, 0.1) is 0 Å². The van der Waals surface area contributed by atoms with Gasteiger partial charge in [-0.25, -0.2) is 0 Å². The molecule has 1 rings (SSSR count). The van der Waals surface area contributed by atoms with Gasteiger partial charge in [0.15, 0.2) is 12.4 Å². The van der Waals surface area contributed by atoms with E-state index in [9.17, 15) is 33.3 Å². The summed E-state index contributed by atoms with van der Waals surface area (Å²) in [6, 6.07) is 0. The molecule has 0 aliphatic carbocycles.